The number of nitrogens with zero attached hydrogens (tertiary/aromatic N) is 4. The molecule has 202 valence electrons. The Morgan fingerprint density at radius 2 is 1.74 bits per heavy atom. The number of hydrogen-bond acceptors (Lipinski definition) is 8. The maximum Gasteiger partial charge on any atom is 0.409 e. The highest BCUT2D eigenvalue weighted by molar-refractivity contribution is 7.89. The molecule has 1 aliphatic rings. The largest absolute Gasteiger partial charge is 0.468 e. The van der Waals surface area contributed by atoms with E-state index in [0.717, 1.165) is 4.70 Å². The Hall–Kier alpha value is -3.26. The molecule has 11 nitrogen and oxygen atoms in total. The Bertz CT molecular complexity index is 1540. The number of halogens is 1. The van der Waals surface area contributed by atoms with E-state index in [1.165, 1.54) is 56.5 Å². The van der Waals surface area contributed by atoms with Gasteiger partial charge in [0.25, 0.3) is 5.91 Å². The van der Waals surface area contributed by atoms with Crippen molar-refractivity contribution >= 4 is 61.1 Å². The lowest BCUT2D eigenvalue weighted by molar-refractivity contribution is -0.141. The second kappa shape index (κ2) is 11.6. The van der Waals surface area contributed by atoms with Crippen LogP contribution in [0.15, 0.2) is 52.4 Å². The van der Waals surface area contributed by atoms with Gasteiger partial charge in [0, 0.05) is 31.7 Å². The lowest BCUT2D eigenvalue weighted by Gasteiger charge is -2.33. The van der Waals surface area contributed by atoms with Crippen LogP contribution >= 0.6 is 22.9 Å². The van der Waals surface area contributed by atoms with Crippen molar-refractivity contribution < 1.29 is 32.3 Å². The molecule has 0 spiro atoms. The van der Waals surface area contributed by atoms with Gasteiger partial charge in [0.15, 0.2) is 4.80 Å². The van der Waals surface area contributed by atoms with E-state index in [4.69, 9.17) is 21.1 Å². The van der Waals surface area contributed by atoms with Crippen LogP contribution in [0.5, 0.6) is 0 Å². The van der Waals surface area contributed by atoms with Gasteiger partial charge in [-0.05, 0) is 43.3 Å². The first-order chi connectivity index (χ1) is 18.1. The highest BCUT2D eigenvalue weighted by Crippen LogP contribution is 2.25. The van der Waals surface area contributed by atoms with Crippen molar-refractivity contribution in [1.82, 2.24) is 13.8 Å². The fourth-order valence-electron chi connectivity index (χ4n) is 3.91. The fourth-order valence-corrected chi connectivity index (χ4v) is 6.72. The van der Waals surface area contributed by atoms with Crippen LogP contribution in [0.3, 0.4) is 0 Å². The number of sulfonamides is 1. The lowest BCUT2D eigenvalue weighted by Crippen LogP contribution is -2.50. The van der Waals surface area contributed by atoms with Gasteiger partial charge in [-0.15, -0.1) is 0 Å². The number of methoxy groups -OCH3 is 1. The second-order valence-corrected chi connectivity index (χ2v) is 11.5. The molecular weight excluding hydrogens is 556 g/mol. The van der Waals surface area contributed by atoms with Crippen molar-refractivity contribution in [2.24, 2.45) is 4.99 Å². The van der Waals surface area contributed by atoms with E-state index in [0.29, 0.717) is 10.5 Å². The van der Waals surface area contributed by atoms with Crippen molar-refractivity contribution in [2.45, 2.75) is 18.4 Å². The Morgan fingerprint density at radius 3 is 2.37 bits per heavy atom. The minimum atomic E-state index is -3.83. The normalized spacial score (nSPS) is 15.0. The third kappa shape index (κ3) is 5.75. The molecule has 0 N–H and O–H groups in total. The molecule has 0 aliphatic carbocycles. The average molecular weight is 581 g/mol. The SMILES string of the molecule is CCOC(=O)N1CCN(S(=O)(=O)c2ccc(C(=O)N=c3sc4cccc(Cl)c4n3CC(=O)OC)cc2)CC1. The third-order valence-electron chi connectivity index (χ3n) is 5.87. The first kappa shape index (κ1) is 27.8. The van der Waals surface area contributed by atoms with Gasteiger partial charge >= 0.3 is 12.1 Å². The number of thiazole rings is 1. The summed E-state index contributed by atoms with van der Waals surface area (Å²) in [5.41, 5.74) is 0.727. The van der Waals surface area contributed by atoms with Gasteiger partial charge in [0.05, 0.1) is 33.9 Å². The number of ether oxygens (including phenoxy) is 2. The minimum Gasteiger partial charge on any atom is -0.468 e. The van der Waals surface area contributed by atoms with Crippen LogP contribution in [0, 0.1) is 0 Å². The molecule has 2 aromatic carbocycles. The summed E-state index contributed by atoms with van der Waals surface area (Å²) in [4.78, 5) is 42.8. The predicted octanol–water partition coefficient (Wildman–Crippen LogP) is 2.73. The number of aromatic nitrogens is 1. The van der Waals surface area contributed by atoms with Crippen LogP contribution in [0.4, 0.5) is 4.79 Å². The van der Waals surface area contributed by atoms with Crippen molar-refractivity contribution in [1.29, 1.82) is 0 Å². The van der Waals surface area contributed by atoms with E-state index in [9.17, 15) is 22.8 Å². The molecule has 0 saturated carbocycles. The van der Waals surface area contributed by atoms with Gasteiger partial charge in [-0.1, -0.05) is 29.0 Å². The number of piperazine rings is 1. The third-order valence-corrected chi connectivity index (χ3v) is 9.13. The molecule has 2 amide bonds. The van der Waals surface area contributed by atoms with Crippen LogP contribution in [-0.2, 0) is 30.8 Å². The number of carbonyl (C=O) groups is 3. The van der Waals surface area contributed by atoms with Crippen molar-refractivity contribution in [3.05, 3.63) is 57.9 Å². The van der Waals surface area contributed by atoms with E-state index in [-0.39, 0.29) is 54.6 Å². The number of amides is 2. The lowest BCUT2D eigenvalue weighted by atomic mass is 10.2. The molecule has 4 rings (SSSR count). The standard InChI is InChI=1S/C24H25ClN4O7S2/c1-3-36-24(32)27-11-13-28(14-12-27)38(33,34)17-9-7-16(8-10-17)22(31)26-23-29(15-20(30)35-2)21-18(25)5-4-6-19(21)37-23/h4-10H,3,11-15H2,1-2H3. The van der Waals surface area contributed by atoms with Crippen molar-refractivity contribution in [2.75, 3.05) is 39.9 Å². The molecule has 38 heavy (non-hydrogen) atoms. The maximum atomic E-state index is 13.1. The summed E-state index contributed by atoms with van der Waals surface area (Å²) < 4.78 is 39.5. The van der Waals surface area contributed by atoms with Crippen molar-refractivity contribution in [3.63, 3.8) is 0 Å². The molecule has 0 radical (unpaired) electrons. The molecule has 1 saturated heterocycles. The fraction of sp³-hybridized carbons (Fsp3) is 0.333. The summed E-state index contributed by atoms with van der Waals surface area (Å²) in [6.07, 6.45) is -0.468. The van der Waals surface area contributed by atoms with Gasteiger partial charge in [0.1, 0.15) is 6.54 Å². The highest BCUT2D eigenvalue weighted by Gasteiger charge is 2.30. The van der Waals surface area contributed by atoms with Crippen LogP contribution in [0.25, 0.3) is 10.2 Å². The zero-order chi connectivity index (χ0) is 27.4. The van der Waals surface area contributed by atoms with Gasteiger partial charge in [0.2, 0.25) is 10.0 Å². The van der Waals surface area contributed by atoms with E-state index < -0.39 is 28.0 Å². The van der Waals surface area contributed by atoms with Crippen LogP contribution in [-0.4, -0.2) is 80.1 Å². The van der Waals surface area contributed by atoms with Gasteiger partial charge in [-0.25, -0.2) is 13.2 Å². The molecule has 2 heterocycles. The summed E-state index contributed by atoms with van der Waals surface area (Å²) in [5, 5.41) is 0.397. The molecule has 0 atom stereocenters. The Morgan fingerprint density at radius 1 is 1.05 bits per heavy atom. The van der Waals surface area contributed by atoms with E-state index in [2.05, 4.69) is 4.99 Å². The minimum absolute atomic E-state index is 0.0213. The molecule has 0 unspecified atom stereocenters. The molecule has 14 heteroatoms. The summed E-state index contributed by atoms with van der Waals surface area (Å²) in [7, 11) is -2.56. The smallest absolute Gasteiger partial charge is 0.409 e. The first-order valence-electron chi connectivity index (χ1n) is 11.6. The molecular formula is C24H25ClN4O7S2. The van der Waals surface area contributed by atoms with Gasteiger partial charge in [-0.2, -0.15) is 9.30 Å². The highest BCUT2D eigenvalue weighted by atomic mass is 35.5. The Kier molecular flexibility index (Phi) is 8.51. The Balaban J connectivity index is 1.56. The number of benzene rings is 2. The monoisotopic (exact) mass is 580 g/mol. The Labute approximate surface area is 227 Å². The second-order valence-electron chi connectivity index (χ2n) is 8.16. The number of para-hydroxylation sites is 1. The topological polar surface area (TPSA) is 128 Å². The average Bonchev–Trinajstić information content (AvgIpc) is 3.26. The zero-order valence-corrected chi connectivity index (χ0v) is 23.0. The molecule has 3 aromatic rings. The maximum absolute atomic E-state index is 13.1. The number of hydrogen-bond donors (Lipinski definition) is 0. The summed E-state index contributed by atoms with van der Waals surface area (Å²) in [5.74, 6) is -1.14. The summed E-state index contributed by atoms with van der Waals surface area (Å²) in [6.45, 7) is 2.47. The first-order valence-corrected chi connectivity index (χ1v) is 14.2. The van der Waals surface area contributed by atoms with E-state index in [1.807, 2.05) is 0 Å². The van der Waals surface area contributed by atoms with E-state index in [1.54, 1.807) is 25.1 Å². The van der Waals surface area contributed by atoms with Crippen molar-refractivity contribution in [3.8, 4) is 0 Å². The number of rotatable bonds is 6. The molecule has 0 bridgehead atoms. The number of carbonyl (C=O) groups excluding carboxylic acids is 3. The predicted molar refractivity (Wildman–Crippen MR) is 141 cm³/mol. The van der Waals surface area contributed by atoms with Crippen LogP contribution in [0.2, 0.25) is 5.02 Å². The zero-order valence-electron chi connectivity index (χ0n) is 20.6. The number of fused-ring (bicyclic) bond motifs is 1. The summed E-state index contributed by atoms with van der Waals surface area (Å²) in [6, 6.07) is 10.7. The molecule has 1 aromatic heterocycles. The number of esters is 1. The molecule has 1 aliphatic heterocycles. The van der Waals surface area contributed by atoms with Crippen LogP contribution in [0.1, 0.15) is 17.3 Å². The summed E-state index contributed by atoms with van der Waals surface area (Å²) >= 11 is 7.53. The van der Waals surface area contributed by atoms with E-state index >= 15 is 0 Å². The van der Waals surface area contributed by atoms with Gasteiger partial charge in [-0.3, -0.25) is 9.59 Å². The van der Waals surface area contributed by atoms with Crippen LogP contribution < -0.4 is 4.80 Å². The van der Waals surface area contributed by atoms with Gasteiger partial charge < -0.3 is 18.9 Å². The quantitative estimate of drug-likeness (QED) is 0.410. The molecule has 1 fully saturated rings.